The van der Waals surface area contributed by atoms with E-state index in [1.54, 1.807) is 18.7 Å². The van der Waals surface area contributed by atoms with E-state index in [-0.39, 0.29) is 17.8 Å². The van der Waals surface area contributed by atoms with Crippen molar-refractivity contribution in [2.75, 3.05) is 0 Å². The molecule has 4 aromatic rings. The lowest BCUT2D eigenvalue weighted by Gasteiger charge is -2.08. The molecule has 6 nitrogen and oxygen atoms in total. The van der Waals surface area contributed by atoms with E-state index >= 15 is 0 Å². The average molecular weight is 372 g/mol. The highest BCUT2D eigenvalue weighted by molar-refractivity contribution is 5.76. The number of fused-ring (bicyclic) bond motifs is 1. The Balaban J connectivity index is 1.85. The van der Waals surface area contributed by atoms with Crippen LogP contribution in [0.25, 0.3) is 23.3 Å². The minimum Gasteiger partial charge on any atom is -0.322 e. The Morgan fingerprint density at radius 2 is 1.50 bits per heavy atom. The lowest BCUT2D eigenvalue weighted by Crippen LogP contribution is -2.39. The summed E-state index contributed by atoms with van der Waals surface area (Å²) in [6.45, 7) is 0.225. The van der Waals surface area contributed by atoms with Gasteiger partial charge in [-0.2, -0.15) is 0 Å². The van der Waals surface area contributed by atoms with E-state index in [1.807, 2.05) is 72.8 Å². The lowest BCUT2D eigenvalue weighted by molar-refractivity contribution is 0.655. The molecule has 0 N–H and O–H groups in total. The Hall–Kier alpha value is -3.67. The second kappa shape index (κ2) is 7.15. The summed E-state index contributed by atoms with van der Waals surface area (Å²) in [6, 6.07) is 19.3. The van der Waals surface area contributed by atoms with E-state index in [2.05, 4.69) is 4.98 Å². The molecular weight excluding hydrogens is 352 g/mol. The van der Waals surface area contributed by atoms with Crippen LogP contribution >= 0.6 is 0 Å². The predicted molar refractivity (Wildman–Crippen MR) is 111 cm³/mol. The predicted octanol–water partition coefficient (Wildman–Crippen LogP) is 2.65. The first-order valence-electron chi connectivity index (χ1n) is 8.99. The van der Waals surface area contributed by atoms with Crippen LogP contribution in [-0.2, 0) is 20.6 Å². The molecule has 2 aromatic carbocycles. The second-order valence-corrected chi connectivity index (χ2v) is 6.66. The molecule has 0 aliphatic carbocycles. The summed E-state index contributed by atoms with van der Waals surface area (Å²) >= 11 is 0. The van der Waals surface area contributed by atoms with Crippen molar-refractivity contribution < 1.29 is 0 Å². The molecule has 0 spiro atoms. The van der Waals surface area contributed by atoms with Gasteiger partial charge in [0.25, 0.3) is 5.56 Å². The molecule has 2 aromatic heterocycles. The monoisotopic (exact) mass is 372 g/mol. The number of hydrogen-bond donors (Lipinski definition) is 0. The van der Waals surface area contributed by atoms with Crippen LogP contribution < -0.4 is 11.2 Å². The largest absolute Gasteiger partial charge is 0.332 e. The fourth-order valence-corrected chi connectivity index (χ4v) is 3.25. The highest BCUT2D eigenvalue weighted by Crippen LogP contribution is 2.13. The van der Waals surface area contributed by atoms with Crippen molar-refractivity contribution in [3.8, 4) is 0 Å². The lowest BCUT2D eigenvalue weighted by atomic mass is 10.2. The average Bonchev–Trinajstić information content (AvgIpc) is 3.06. The number of rotatable bonds is 4. The second-order valence-electron chi connectivity index (χ2n) is 6.66. The Morgan fingerprint density at radius 3 is 2.18 bits per heavy atom. The van der Waals surface area contributed by atoms with E-state index < -0.39 is 0 Å². The van der Waals surface area contributed by atoms with Crippen molar-refractivity contribution in [2.45, 2.75) is 6.54 Å². The summed E-state index contributed by atoms with van der Waals surface area (Å²) in [7, 11) is 3.43. The van der Waals surface area contributed by atoms with Crippen molar-refractivity contribution in [3.63, 3.8) is 0 Å². The number of hydrogen-bond acceptors (Lipinski definition) is 3. The van der Waals surface area contributed by atoms with Gasteiger partial charge in [0.15, 0.2) is 11.2 Å². The molecule has 0 saturated carbocycles. The molecule has 0 aliphatic heterocycles. The molecule has 0 radical (unpaired) electrons. The first-order chi connectivity index (χ1) is 13.6. The SMILES string of the molecule is Cn1c(C=Cc2ccccc2)nc2c1c(=O)n(Cc1ccccc1)c(=O)n2C. The van der Waals surface area contributed by atoms with Crippen LogP contribution in [0.3, 0.4) is 0 Å². The molecule has 0 saturated heterocycles. The Labute approximate surface area is 161 Å². The smallest absolute Gasteiger partial charge is 0.322 e. The molecular formula is C22H20N4O2. The third-order valence-electron chi connectivity index (χ3n) is 4.80. The van der Waals surface area contributed by atoms with Crippen LogP contribution in [0, 0.1) is 0 Å². The van der Waals surface area contributed by atoms with Gasteiger partial charge >= 0.3 is 5.69 Å². The van der Waals surface area contributed by atoms with Crippen molar-refractivity contribution in [2.24, 2.45) is 14.1 Å². The van der Waals surface area contributed by atoms with Crippen molar-refractivity contribution >= 4 is 23.3 Å². The summed E-state index contributed by atoms with van der Waals surface area (Å²) < 4.78 is 4.42. The topological polar surface area (TPSA) is 61.8 Å². The minimum atomic E-state index is -0.377. The third kappa shape index (κ3) is 3.09. The Bertz CT molecular complexity index is 1280. The molecule has 0 bridgehead atoms. The van der Waals surface area contributed by atoms with Crippen molar-refractivity contribution in [3.05, 3.63) is 98.5 Å². The maximum absolute atomic E-state index is 13.1. The Kier molecular flexibility index (Phi) is 4.53. The molecule has 0 amide bonds. The van der Waals surface area contributed by atoms with Crippen LogP contribution in [0.5, 0.6) is 0 Å². The van der Waals surface area contributed by atoms with E-state index in [1.165, 1.54) is 9.13 Å². The molecule has 6 heteroatoms. The highest BCUT2D eigenvalue weighted by atomic mass is 16.2. The highest BCUT2D eigenvalue weighted by Gasteiger charge is 2.17. The fourth-order valence-electron chi connectivity index (χ4n) is 3.25. The number of aryl methyl sites for hydroxylation is 2. The van der Waals surface area contributed by atoms with Gasteiger partial charge in [-0.1, -0.05) is 66.7 Å². The number of aromatic nitrogens is 4. The number of benzene rings is 2. The van der Waals surface area contributed by atoms with Crippen molar-refractivity contribution in [1.29, 1.82) is 0 Å². The number of nitrogens with zero attached hydrogens (tertiary/aromatic N) is 4. The number of imidazole rings is 1. The van der Waals surface area contributed by atoms with Gasteiger partial charge < -0.3 is 4.57 Å². The van der Waals surface area contributed by atoms with Gasteiger partial charge in [-0.05, 0) is 17.2 Å². The van der Waals surface area contributed by atoms with Gasteiger partial charge in [0.05, 0.1) is 6.54 Å². The maximum Gasteiger partial charge on any atom is 0.332 e. The molecule has 4 rings (SSSR count). The normalized spacial score (nSPS) is 11.5. The van der Waals surface area contributed by atoms with Crippen LogP contribution in [0.1, 0.15) is 17.0 Å². The summed E-state index contributed by atoms with van der Waals surface area (Å²) in [6.07, 6.45) is 3.78. The van der Waals surface area contributed by atoms with Gasteiger partial charge in [0.1, 0.15) is 5.82 Å². The van der Waals surface area contributed by atoms with E-state index in [0.717, 1.165) is 11.1 Å². The van der Waals surface area contributed by atoms with Crippen LogP contribution in [0.15, 0.2) is 70.3 Å². The van der Waals surface area contributed by atoms with Gasteiger partial charge in [-0.25, -0.2) is 9.78 Å². The summed E-state index contributed by atoms with van der Waals surface area (Å²) in [5.74, 6) is 0.614. The zero-order valence-corrected chi connectivity index (χ0v) is 15.7. The van der Waals surface area contributed by atoms with Gasteiger partial charge in [0, 0.05) is 14.1 Å². The standard InChI is InChI=1S/C22H20N4O2/c1-24-18(14-13-16-9-5-3-6-10-16)23-20-19(24)21(27)26(22(28)25(20)2)15-17-11-7-4-8-12-17/h3-14H,15H2,1-2H3. The zero-order valence-electron chi connectivity index (χ0n) is 15.7. The van der Waals surface area contributed by atoms with Gasteiger partial charge in [0.2, 0.25) is 0 Å². The van der Waals surface area contributed by atoms with E-state index in [9.17, 15) is 9.59 Å². The summed E-state index contributed by atoms with van der Waals surface area (Å²) in [4.78, 5) is 30.4. The maximum atomic E-state index is 13.1. The van der Waals surface area contributed by atoms with E-state index in [4.69, 9.17) is 0 Å². The van der Waals surface area contributed by atoms with Crippen LogP contribution in [0.2, 0.25) is 0 Å². The Morgan fingerprint density at radius 1 is 0.857 bits per heavy atom. The van der Waals surface area contributed by atoms with Crippen molar-refractivity contribution in [1.82, 2.24) is 18.7 Å². The fraction of sp³-hybridized carbons (Fsp3) is 0.136. The van der Waals surface area contributed by atoms with Crippen LogP contribution in [-0.4, -0.2) is 18.7 Å². The van der Waals surface area contributed by atoms with Gasteiger partial charge in [-0.15, -0.1) is 0 Å². The molecule has 28 heavy (non-hydrogen) atoms. The first-order valence-corrected chi connectivity index (χ1v) is 8.99. The van der Waals surface area contributed by atoms with E-state index in [0.29, 0.717) is 17.0 Å². The summed E-state index contributed by atoms with van der Waals surface area (Å²) in [5.41, 5.74) is 2.01. The molecule has 140 valence electrons. The molecule has 0 unspecified atom stereocenters. The summed E-state index contributed by atoms with van der Waals surface area (Å²) in [5, 5.41) is 0. The minimum absolute atomic E-state index is 0.225. The molecule has 0 atom stereocenters. The first kappa shape index (κ1) is 17.7. The third-order valence-corrected chi connectivity index (χ3v) is 4.80. The molecule has 2 heterocycles. The quantitative estimate of drug-likeness (QED) is 0.553. The van der Waals surface area contributed by atoms with Crippen LogP contribution in [0.4, 0.5) is 0 Å². The van der Waals surface area contributed by atoms with Gasteiger partial charge in [-0.3, -0.25) is 13.9 Å². The molecule has 0 fully saturated rings. The zero-order chi connectivity index (χ0) is 19.7. The molecule has 0 aliphatic rings.